The molecule has 7 heteroatoms. The first kappa shape index (κ1) is 15.7. The van der Waals surface area contributed by atoms with E-state index in [1.165, 1.54) is 0 Å². The van der Waals surface area contributed by atoms with Gasteiger partial charge in [-0.3, -0.25) is 5.32 Å². The maximum atomic E-state index is 11.9. The minimum absolute atomic E-state index is 0.306. The molecule has 0 aromatic carbocycles. The molecule has 0 spiro atoms. The fourth-order valence-corrected chi connectivity index (χ4v) is 1.99. The third kappa shape index (κ3) is 4.69. The Bertz CT molecular complexity index is 638. The maximum absolute atomic E-state index is 11.9. The second-order valence-corrected chi connectivity index (χ2v) is 4.83. The van der Waals surface area contributed by atoms with Crippen molar-refractivity contribution in [2.75, 3.05) is 17.2 Å². The molecule has 0 saturated carbocycles. The van der Waals surface area contributed by atoms with Crippen molar-refractivity contribution in [3.8, 4) is 0 Å². The third-order valence-corrected chi connectivity index (χ3v) is 2.84. The number of amides is 2. The molecule has 0 fully saturated rings. The Morgan fingerprint density at radius 2 is 2.00 bits per heavy atom. The van der Waals surface area contributed by atoms with Crippen LogP contribution < -0.4 is 16.0 Å². The zero-order valence-corrected chi connectivity index (χ0v) is 13.0. The van der Waals surface area contributed by atoms with Gasteiger partial charge in [-0.15, -0.1) is 0 Å². The number of anilines is 2. The van der Waals surface area contributed by atoms with Gasteiger partial charge in [0.15, 0.2) is 0 Å². The smallest absolute Gasteiger partial charge is 0.320 e. The summed E-state index contributed by atoms with van der Waals surface area (Å²) < 4.78 is 0. The SMILES string of the molecule is CCNc1cc(CNC(=O)Nc2cc(C)nc(C)n2)ccn1. The Balaban J connectivity index is 1.91. The molecular formula is C15H20N6O. The average molecular weight is 300 g/mol. The van der Waals surface area contributed by atoms with Crippen molar-refractivity contribution in [3.05, 3.63) is 41.5 Å². The van der Waals surface area contributed by atoms with Crippen LogP contribution in [0.2, 0.25) is 0 Å². The van der Waals surface area contributed by atoms with E-state index in [1.807, 2.05) is 26.0 Å². The summed E-state index contributed by atoms with van der Waals surface area (Å²) in [5.41, 5.74) is 1.78. The Hall–Kier alpha value is -2.70. The van der Waals surface area contributed by atoms with E-state index in [0.29, 0.717) is 18.2 Å². The Morgan fingerprint density at radius 3 is 2.73 bits per heavy atom. The third-order valence-electron chi connectivity index (χ3n) is 2.84. The van der Waals surface area contributed by atoms with Crippen molar-refractivity contribution in [2.24, 2.45) is 0 Å². The molecule has 2 aromatic heterocycles. The minimum atomic E-state index is -0.306. The second kappa shape index (κ2) is 7.35. The first-order chi connectivity index (χ1) is 10.6. The molecule has 116 valence electrons. The van der Waals surface area contributed by atoms with Crippen molar-refractivity contribution in [1.82, 2.24) is 20.3 Å². The Kier molecular flexibility index (Phi) is 5.24. The average Bonchev–Trinajstić information content (AvgIpc) is 2.45. The van der Waals surface area contributed by atoms with Gasteiger partial charge in [0, 0.05) is 31.0 Å². The number of carbonyl (C=O) groups excluding carboxylic acids is 1. The molecule has 7 nitrogen and oxygen atoms in total. The topological polar surface area (TPSA) is 91.8 Å². The first-order valence-electron chi connectivity index (χ1n) is 7.12. The molecule has 0 saturated heterocycles. The lowest BCUT2D eigenvalue weighted by Crippen LogP contribution is -2.28. The monoisotopic (exact) mass is 300 g/mol. The van der Waals surface area contributed by atoms with E-state index in [4.69, 9.17) is 0 Å². The van der Waals surface area contributed by atoms with Gasteiger partial charge in [0.2, 0.25) is 0 Å². The zero-order valence-electron chi connectivity index (χ0n) is 13.0. The molecule has 2 amide bonds. The quantitative estimate of drug-likeness (QED) is 0.787. The van der Waals surface area contributed by atoms with E-state index in [1.54, 1.807) is 19.2 Å². The summed E-state index contributed by atoms with van der Waals surface area (Å²) in [6.45, 7) is 6.87. The number of carbonyl (C=O) groups is 1. The van der Waals surface area contributed by atoms with Gasteiger partial charge in [-0.05, 0) is 38.5 Å². The standard InChI is InChI=1S/C15H20N6O/c1-4-16-13-8-12(5-6-17-13)9-18-15(22)21-14-7-10(2)19-11(3)20-14/h5-8H,4,9H2,1-3H3,(H,16,17)(H2,18,19,20,21,22). The molecule has 2 rings (SSSR count). The Labute approximate surface area is 129 Å². The summed E-state index contributed by atoms with van der Waals surface area (Å²) in [5.74, 6) is 1.91. The van der Waals surface area contributed by atoms with Gasteiger partial charge < -0.3 is 10.6 Å². The van der Waals surface area contributed by atoms with Crippen LogP contribution in [-0.2, 0) is 6.54 Å². The number of urea groups is 1. The zero-order chi connectivity index (χ0) is 15.9. The van der Waals surface area contributed by atoms with Crippen LogP contribution in [0.1, 0.15) is 24.0 Å². The van der Waals surface area contributed by atoms with Gasteiger partial charge in [-0.2, -0.15) is 0 Å². The predicted molar refractivity (Wildman–Crippen MR) is 85.8 cm³/mol. The minimum Gasteiger partial charge on any atom is -0.370 e. The van der Waals surface area contributed by atoms with Crippen LogP contribution in [0.15, 0.2) is 24.4 Å². The van der Waals surface area contributed by atoms with Crippen LogP contribution in [0.5, 0.6) is 0 Å². The van der Waals surface area contributed by atoms with E-state index in [2.05, 4.69) is 30.9 Å². The number of hydrogen-bond donors (Lipinski definition) is 3. The van der Waals surface area contributed by atoms with E-state index in [0.717, 1.165) is 23.6 Å². The summed E-state index contributed by atoms with van der Waals surface area (Å²) >= 11 is 0. The molecule has 0 aliphatic heterocycles. The van der Waals surface area contributed by atoms with Crippen LogP contribution in [0.25, 0.3) is 0 Å². The molecule has 2 heterocycles. The molecule has 0 aliphatic rings. The molecule has 0 unspecified atom stereocenters. The molecule has 0 bridgehead atoms. The van der Waals surface area contributed by atoms with Gasteiger partial charge in [0.05, 0.1) is 0 Å². The van der Waals surface area contributed by atoms with E-state index in [-0.39, 0.29) is 6.03 Å². The number of aromatic nitrogens is 3. The normalized spacial score (nSPS) is 10.1. The molecule has 22 heavy (non-hydrogen) atoms. The van der Waals surface area contributed by atoms with Gasteiger partial charge >= 0.3 is 6.03 Å². The molecule has 0 radical (unpaired) electrons. The summed E-state index contributed by atoms with van der Waals surface area (Å²) in [4.78, 5) is 24.4. The summed E-state index contributed by atoms with van der Waals surface area (Å²) in [6.07, 6.45) is 1.71. The fraction of sp³-hybridized carbons (Fsp3) is 0.333. The highest BCUT2D eigenvalue weighted by Gasteiger charge is 2.05. The molecule has 2 aromatic rings. The lowest BCUT2D eigenvalue weighted by atomic mass is 10.2. The van der Waals surface area contributed by atoms with Crippen molar-refractivity contribution >= 4 is 17.7 Å². The van der Waals surface area contributed by atoms with Crippen molar-refractivity contribution in [3.63, 3.8) is 0 Å². The number of nitrogens with one attached hydrogen (secondary N) is 3. The number of pyridine rings is 1. The highest BCUT2D eigenvalue weighted by atomic mass is 16.2. The van der Waals surface area contributed by atoms with Crippen LogP contribution in [0.4, 0.5) is 16.4 Å². The largest absolute Gasteiger partial charge is 0.370 e. The summed E-state index contributed by atoms with van der Waals surface area (Å²) in [7, 11) is 0. The molecule has 0 atom stereocenters. The maximum Gasteiger partial charge on any atom is 0.320 e. The van der Waals surface area contributed by atoms with Gasteiger partial charge in [-0.25, -0.2) is 19.7 Å². The van der Waals surface area contributed by atoms with E-state index < -0.39 is 0 Å². The fourth-order valence-electron chi connectivity index (χ4n) is 1.99. The van der Waals surface area contributed by atoms with Crippen molar-refractivity contribution in [2.45, 2.75) is 27.3 Å². The van der Waals surface area contributed by atoms with Crippen LogP contribution >= 0.6 is 0 Å². The molecule has 0 aliphatic carbocycles. The first-order valence-corrected chi connectivity index (χ1v) is 7.12. The van der Waals surface area contributed by atoms with Gasteiger partial charge in [0.1, 0.15) is 17.5 Å². The number of aryl methyl sites for hydroxylation is 2. The van der Waals surface area contributed by atoms with Crippen LogP contribution in [0.3, 0.4) is 0 Å². The lowest BCUT2D eigenvalue weighted by Gasteiger charge is -2.09. The Morgan fingerprint density at radius 1 is 1.18 bits per heavy atom. The van der Waals surface area contributed by atoms with Crippen molar-refractivity contribution in [1.29, 1.82) is 0 Å². The van der Waals surface area contributed by atoms with Gasteiger partial charge in [0.25, 0.3) is 0 Å². The highest BCUT2D eigenvalue weighted by molar-refractivity contribution is 5.88. The number of nitrogens with zero attached hydrogens (tertiary/aromatic N) is 3. The van der Waals surface area contributed by atoms with Crippen LogP contribution in [0, 0.1) is 13.8 Å². The number of hydrogen-bond acceptors (Lipinski definition) is 5. The van der Waals surface area contributed by atoms with Gasteiger partial charge in [-0.1, -0.05) is 0 Å². The van der Waals surface area contributed by atoms with E-state index >= 15 is 0 Å². The number of rotatable bonds is 5. The highest BCUT2D eigenvalue weighted by Crippen LogP contribution is 2.07. The molecule has 3 N–H and O–H groups in total. The van der Waals surface area contributed by atoms with Crippen LogP contribution in [-0.4, -0.2) is 27.5 Å². The predicted octanol–water partition coefficient (Wildman–Crippen LogP) is 2.24. The molecular weight excluding hydrogens is 280 g/mol. The van der Waals surface area contributed by atoms with Crippen molar-refractivity contribution < 1.29 is 4.79 Å². The second-order valence-electron chi connectivity index (χ2n) is 4.83. The summed E-state index contributed by atoms with van der Waals surface area (Å²) in [6, 6.07) is 5.19. The van der Waals surface area contributed by atoms with E-state index in [9.17, 15) is 4.79 Å². The summed E-state index contributed by atoms with van der Waals surface area (Å²) in [5, 5.41) is 8.62. The lowest BCUT2D eigenvalue weighted by molar-refractivity contribution is 0.251.